The monoisotopic (exact) mass is 431 g/mol. The van der Waals surface area contributed by atoms with Crippen LogP contribution in [0.15, 0.2) is 48.5 Å². The predicted molar refractivity (Wildman–Crippen MR) is 98.9 cm³/mol. The summed E-state index contributed by atoms with van der Waals surface area (Å²) in [5.41, 5.74) is -1.96. The van der Waals surface area contributed by atoms with E-state index < -0.39 is 23.5 Å². The second-order valence-corrected chi connectivity index (χ2v) is 6.88. The Labute approximate surface area is 169 Å². The maximum atomic E-state index is 13.0. The lowest BCUT2D eigenvalue weighted by molar-refractivity contribution is -0.143. The third-order valence-corrected chi connectivity index (χ3v) is 4.79. The standard InChI is InChI=1S/C20H19F6N3O/c21-19(22,23)15-10-16(20(24,25)26)12-17(11-15)28-6-8-29(9-7-28)18(30)27-13-14-4-2-1-3-5-14/h1-5,10-12H,6-9,13H2,(H,27,30). The Bertz CT molecular complexity index is 842. The first-order valence-electron chi connectivity index (χ1n) is 9.15. The zero-order valence-electron chi connectivity index (χ0n) is 15.7. The molecule has 1 heterocycles. The molecule has 4 nitrogen and oxygen atoms in total. The molecule has 2 aromatic carbocycles. The van der Waals surface area contributed by atoms with Crippen molar-refractivity contribution < 1.29 is 31.1 Å². The number of halogens is 6. The lowest BCUT2D eigenvalue weighted by atomic mass is 10.1. The van der Waals surface area contributed by atoms with Crippen LogP contribution in [0.5, 0.6) is 0 Å². The van der Waals surface area contributed by atoms with Crippen molar-refractivity contribution in [1.82, 2.24) is 10.2 Å². The van der Waals surface area contributed by atoms with Crippen molar-refractivity contribution in [3.8, 4) is 0 Å². The predicted octanol–water partition coefficient (Wildman–Crippen LogP) is 4.76. The molecule has 162 valence electrons. The number of hydrogen-bond acceptors (Lipinski definition) is 2. The maximum absolute atomic E-state index is 13.0. The molecule has 30 heavy (non-hydrogen) atoms. The number of carbonyl (C=O) groups is 1. The molecule has 0 saturated carbocycles. The minimum atomic E-state index is -4.89. The topological polar surface area (TPSA) is 35.6 Å². The van der Waals surface area contributed by atoms with Gasteiger partial charge < -0.3 is 15.1 Å². The third kappa shape index (κ3) is 5.37. The van der Waals surface area contributed by atoms with Crippen LogP contribution in [0, 0.1) is 0 Å². The molecule has 0 aromatic heterocycles. The fraction of sp³-hybridized carbons (Fsp3) is 0.350. The zero-order chi connectivity index (χ0) is 21.9. The van der Waals surface area contributed by atoms with Gasteiger partial charge in [0.1, 0.15) is 0 Å². The summed E-state index contributed by atoms with van der Waals surface area (Å²) in [4.78, 5) is 15.2. The number of amides is 2. The number of carbonyl (C=O) groups excluding carboxylic acids is 1. The van der Waals surface area contributed by atoms with Gasteiger partial charge in [-0.05, 0) is 23.8 Å². The molecule has 1 saturated heterocycles. The molecule has 1 N–H and O–H groups in total. The van der Waals surface area contributed by atoms with Crippen LogP contribution < -0.4 is 10.2 Å². The summed E-state index contributed by atoms with van der Waals surface area (Å²) >= 11 is 0. The van der Waals surface area contributed by atoms with Gasteiger partial charge in [0.2, 0.25) is 0 Å². The number of nitrogens with one attached hydrogen (secondary N) is 1. The van der Waals surface area contributed by atoms with E-state index in [4.69, 9.17) is 0 Å². The number of hydrogen-bond donors (Lipinski definition) is 1. The van der Waals surface area contributed by atoms with E-state index in [0.717, 1.165) is 5.56 Å². The second-order valence-electron chi connectivity index (χ2n) is 6.88. The molecule has 0 radical (unpaired) electrons. The van der Waals surface area contributed by atoms with Gasteiger partial charge in [0, 0.05) is 38.4 Å². The van der Waals surface area contributed by atoms with Crippen molar-refractivity contribution in [3.63, 3.8) is 0 Å². The number of benzene rings is 2. The molecular formula is C20H19F6N3O. The molecule has 1 aliphatic heterocycles. The van der Waals surface area contributed by atoms with Gasteiger partial charge in [-0.3, -0.25) is 0 Å². The lowest BCUT2D eigenvalue weighted by Gasteiger charge is -2.36. The number of rotatable bonds is 3. The van der Waals surface area contributed by atoms with Gasteiger partial charge in [-0.2, -0.15) is 26.3 Å². The Morgan fingerprint density at radius 2 is 1.37 bits per heavy atom. The average Bonchev–Trinajstić information content (AvgIpc) is 2.71. The van der Waals surface area contributed by atoms with Crippen molar-refractivity contribution in [2.24, 2.45) is 0 Å². The van der Waals surface area contributed by atoms with Crippen LogP contribution in [0.25, 0.3) is 0 Å². The molecule has 3 rings (SSSR count). The van der Waals surface area contributed by atoms with Crippen LogP contribution in [0.2, 0.25) is 0 Å². The average molecular weight is 431 g/mol. The van der Waals surface area contributed by atoms with Crippen molar-refractivity contribution in [2.75, 3.05) is 31.1 Å². The van der Waals surface area contributed by atoms with Gasteiger partial charge in [0.25, 0.3) is 0 Å². The minimum Gasteiger partial charge on any atom is -0.368 e. The van der Waals surface area contributed by atoms with Crippen LogP contribution >= 0.6 is 0 Å². The molecule has 0 unspecified atom stereocenters. The van der Waals surface area contributed by atoms with Crippen LogP contribution in [-0.2, 0) is 18.9 Å². The number of piperazine rings is 1. The summed E-state index contributed by atoms with van der Waals surface area (Å²) in [7, 11) is 0. The van der Waals surface area contributed by atoms with E-state index >= 15 is 0 Å². The third-order valence-electron chi connectivity index (χ3n) is 4.79. The zero-order valence-corrected chi connectivity index (χ0v) is 15.7. The highest BCUT2D eigenvalue weighted by Gasteiger charge is 2.37. The molecule has 0 spiro atoms. The van der Waals surface area contributed by atoms with E-state index in [2.05, 4.69) is 5.32 Å². The highest BCUT2D eigenvalue weighted by atomic mass is 19.4. The summed E-state index contributed by atoms with van der Waals surface area (Å²) in [6, 6.07) is 10.4. The summed E-state index contributed by atoms with van der Waals surface area (Å²) < 4.78 is 78.3. The molecular weight excluding hydrogens is 412 g/mol. The highest BCUT2D eigenvalue weighted by molar-refractivity contribution is 5.74. The molecule has 1 aliphatic rings. The Morgan fingerprint density at radius 3 is 1.87 bits per heavy atom. The Hall–Kier alpha value is -2.91. The summed E-state index contributed by atoms with van der Waals surface area (Å²) in [6.45, 7) is 0.924. The fourth-order valence-electron chi connectivity index (χ4n) is 3.17. The van der Waals surface area contributed by atoms with Crippen LogP contribution in [0.4, 0.5) is 36.8 Å². The molecule has 0 atom stereocenters. The largest absolute Gasteiger partial charge is 0.416 e. The van der Waals surface area contributed by atoms with Crippen molar-refractivity contribution in [2.45, 2.75) is 18.9 Å². The van der Waals surface area contributed by atoms with Gasteiger partial charge >= 0.3 is 18.4 Å². The molecule has 10 heteroatoms. The molecule has 0 bridgehead atoms. The number of alkyl halides is 6. The Morgan fingerprint density at radius 1 is 0.833 bits per heavy atom. The molecule has 2 aromatic rings. The lowest BCUT2D eigenvalue weighted by Crippen LogP contribution is -2.51. The minimum absolute atomic E-state index is 0.108. The fourth-order valence-corrected chi connectivity index (χ4v) is 3.17. The first kappa shape index (κ1) is 21.8. The quantitative estimate of drug-likeness (QED) is 0.712. The SMILES string of the molecule is O=C(NCc1ccccc1)N1CCN(c2cc(C(F)(F)F)cc(C(F)(F)F)c2)CC1. The van der Waals surface area contributed by atoms with E-state index in [1.165, 1.54) is 9.80 Å². The van der Waals surface area contributed by atoms with E-state index in [9.17, 15) is 31.1 Å². The van der Waals surface area contributed by atoms with Crippen molar-refractivity contribution >= 4 is 11.7 Å². The molecule has 2 amide bonds. The van der Waals surface area contributed by atoms with Gasteiger partial charge in [-0.15, -0.1) is 0 Å². The van der Waals surface area contributed by atoms with Crippen molar-refractivity contribution in [3.05, 3.63) is 65.2 Å². The van der Waals surface area contributed by atoms with Crippen LogP contribution in [0.1, 0.15) is 16.7 Å². The number of nitrogens with zero attached hydrogens (tertiary/aromatic N) is 2. The first-order chi connectivity index (χ1) is 14.0. The Balaban J connectivity index is 1.66. The maximum Gasteiger partial charge on any atom is 0.416 e. The van der Waals surface area contributed by atoms with Gasteiger partial charge in [0.05, 0.1) is 11.1 Å². The van der Waals surface area contributed by atoms with Crippen LogP contribution in [0.3, 0.4) is 0 Å². The second kappa shape index (κ2) is 8.45. The van der Waals surface area contributed by atoms with E-state index in [-0.39, 0.29) is 44.0 Å². The van der Waals surface area contributed by atoms with Gasteiger partial charge in [0.15, 0.2) is 0 Å². The summed E-state index contributed by atoms with van der Waals surface area (Å²) in [5, 5.41) is 2.75. The molecule has 1 fully saturated rings. The van der Waals surface area contributed by atoms with Gasteiger partial charge in [-0.1, -0.05) is 30.3 Å². The Kier molecular flexibility index (Phi) is 6.14. The van der Waals surface area contributed by atoms with Crippen LogP contribution in [-0.4, -0.2) is 37.1 Å². The first-order valence-corrected chi connectivity index (χ1v) is 9.15. The van der Waals surface area contributed by atoms with E-state index in [1.54, 1.807) is 0 Å². The van der Waals surface area contributed by atoms with E-state index in [0.29, 0.717) is 18.7 Å². The summed E-state index contributed by atoms with van der Waals surface area (Å²) in [6.07, 6.45) is -9.79. The van der Waals surface area contributed by atoms with Gasteiger partial charge in [-0.25, -0.2) is 4.79 Å². The number of anilines is 1. The molecule has 0 aliphatic carbocycles. The smallest absolute Gasteiger partial charge is 0.368 e. The highest BCUT2D eigenvalue weighted by Crippen LogP contribution is 2.38. The van der Waals surface area contributed by atoms with E-state index in [1.807, 2.05) is 30.3 Å². The van der Waals surface area contributed by atoms with Crippen molar-refractivity contribution in [1.29, 1.82) is 0 Å². The number of urea groups is 1. The normalized spacial score (nSPS) is 15.3. The summed E-state index contributed by atoms with van der Waals surface area (Å²) in [5.74, 6) is 0.